The van der Waals surface area contributed by atoms with Crippen molar-refractivity contribution in [2.45, 2.75) is 13.5 Å². The Morgan fingerprint density at radius 3 is 3.06 bits per heavy atom. The van der Waals surface area contributed by atoms with Crippen molar-refractivity contribution in [2.75, 3.05) is 0 Å². The standard InChI is InChI=1S/C12H10BrClN2OS/c1-2-16-10(9(14)6-15-16)3-4-11(17)12-5-8(13)7-18-12/h3-7H,2H2,1H3/b4-3+. The maximum atomic E-state index is 11.9. The van der Waals surface area contributed by atoms with E-state index in [0.717, 1.165) is 10.2 Å². The van der Waals surface area contributed by atoms with E-state index in [1.807, 2.05) is 12.3 Å². The highest BCUT2D eigenvalue weighted by molar-refractivity contribution is 9.10. The molecule has 0 amide bonds. The van der Waals surface area contributed by atoms with Gasteiger partial charge >= 0.3 is 0 Å². The van der Waals surface area contributed by atoms with Crippen LogP contribution in [0.25, 0.3) is 6.08 Å². The first-order chi connectivity index (χ1) is 8.61. The van der Waals surface area contributed by atoms with Crippen molar-refractivity contribution >= 4 is 50.7 Å². The van der Waals surface area contributed by atoms with Crippen molar-refractivity contribution in [3.05, 3.63) is 43.8 Å². The number of carbonyl (C=O) groups is 1. The van der Waals surface area contributed by atoms with Crippen LogP contribution in [-0.4, -0.2) is 15.6 Å². The number of thiophene rings is 1. The van der Waals surface area contributed by atoms with Gasteiger partial charge in [-0.05, 0) is 41.1 Å². The molecule has 2 aromatic rings. The molecule has 3 nitrogen and oxygen atoms in total. The molecule has 0 aliphatic rings. The minimum absolute atomic E-state index is 0.0365. The van der Waals surface area contributed by atoms with Gasteiger partial charge in [0.15, 0.2) is 5.78 Å². The average Bonchev–Trinajstić information content (AvgIpc) is 2.93. The van der Waals surface area contributed by atoms with Crippen LogP contribution in [0.2, 0.25) is 5.02 Å². The highest BCUT2D eigenvalue weighted by Crippen LogP contribution is 2.21. The second kappa shape index (κ2) is 5.82. The molecule has 0 aromatic carbocycles. The molecular formula is C12H10BrClN2OS. The molecule has 18 heavy (non-hydrogen) atoms. The predicted octanol–water partition coefficient (Wildman–Crippen LogP) is 4.28. The Bertz CT molecular complexity index is 603. The monoisotopic (exact) mass is 344 g/mol. The van der Waals surface area contributed by atoms with E-state index in [4.69, 9.17) is 11.6 Å². The fourth-order valence-corrected chi connectivity index (χ4v) is 3.02. The van der Waals surface area contributed by atoms with Gasteiger partial charge in [0.2, 0.25) is 0 Å². The molecule has 0 aliphatic heterocycles. The Morgan fingerprint density at radius 1 is 1.67 bits per heavy atom. The Labute approximate surface area is 122 Å². The lowest BCUT2D eigenvalue weighted by Crippen LogP contribution is -1.99. The van der Waals surface area contributed by atoms with Crippen LogP contribution in [0.3, 0.4) is 0 Å². The third-order valence-corrected chi connectivity index (χ3v) is 4.33. The van der Waals surface area contributed by atoms with E-state index in [2.05, 4.69) is 21.0 Å². The molecule has 0 bridgehead atoms. The van der Waals surface area contributed by atoms with Gasteiger partial charge in [-0.2, -0.15) is 5.10 Å². The Hall–Kier alpha value is -0.910. The molecule has 0 radical (unpaired) electrons. The lowest BCUT2D eigenvalue weighted by molar-refractivity contribution is 0.105. The number of carbonyl (C=O) groups excluding carboxylic acids is 1. The number of rotatable bonds is 4. The summed E-state index contributed by atoms with van der Waals surface area (Å²) < 4.78 is 2.66. The second-order valence-corrected chi connectivity index (χ2v) is 5.75. The maximum Gasteiger partial charge on any atom is 0.195 e. The third kappa shape index (κ3) is 2.91. The van der Waals surface area contributed by atoms with E-state index >= 15 is 0 Å². The number of hydrogen-bond acceptors (Lipinski definition) is 3. The van der Waals surface area contributed by atoms with Gasteiger partial charge in [0.1, 0.15) is 0 Å². The topological polar surface area (TPSA) is 34.9 Å². The Kier molecular flexibility index (Phi) is 4.37. The van der Waals surface area contributed by atoms with Gasteiger partial charge in [-0.25, -0.2) is 0 Å². The molecule has 0 saturated heterocycles. The van der Waals surface area contributed by atoms with Gasteiger partial charge in [-0.3, -0.25) is 9.48 Å². The van der Waals surface area contributed by atoms with E-state index in [1.165, 1.54) is 17.4 Å². The second-order valence-electron chi connectivity index (χ2n) is 3.52. The van der Waals surface area contributed by atoms with Crippen molar-refractivity contribution in [3.63, 3.8) is 0 Å². The highest BCUT2D eigenvalue weighted by atomic mass is 79.9. The average molecular weight is 346 g/mol. The first-order valence-electron chi connectivity index (χ1n) is 5.29. The van der Waals surface area contributed by atoms with E-state index in [0.29, 0.717) is 16.4 Å². The highest BCUT2D eigenvalue weighted by Gasteiger charge is 2.07. The number of allylic oxidation sites excluding steroid dienone is 1. The molecule has 2 rings (SSSR count). The van der Waals surface area contributed by atoms with Crippen LogP contribution in [0, 0.1) is 0 Å². The van der Waals surface area contributed by atoms with Gasteiger partial charge in [0.05, 0.1) is 21.8 Å². The summed E-state index contributed by atoms with van der Waals surface area (Å²) in [6.07, 6.45) is 4.80. The van der Waals surface area contributed by atoms with Crippen LogP contribution in [0.1, 0.15) is 22.3 Å². The van der Waals surface area contributed by atoms with Gasteiger partial charge in [-0.1, -0.05) is 11.6 Å². The normalized spacial score (nSPS) is 11.3. The zero-order valence-electron chi connectivity index (χ0n) is 9.56. The van der Waals surface area contributed by atoms with Gasteiger partial charge in [0, 0.05) is 16.4 Å². The molecule has 0 aliphatic carbocycles. The summed E-state index contributed by atoms with van der Waals surface area (Å²) in [5.74, 6) is -0.0365. The van der Waals surface area contributed by atoms with Crippen LogP contribution >= 0.6 is 38.9 Å². The fraction of sp³-hybridized carbons (Fsp3) is 0.167. The van der Waals surface area contributed by atoms with Crippen molar-refractivity contribution in [1.82, 2.24) is 9.78 Å². The summed E-state index contributed by atoms with van der Waals surface area (Å²) in [6, 6.07) is 1.80. The first-order valence-corrected chi connectivity index (χ1v) is 7.34. The maximum absolute atomic E-state index is 11.9. The number of nitrogens with zero attached hydrogens (tertiary/aromatic N) is 2. The van der Waals surface area contributed by atoms with Gasteiger partial charge in [-0.15, -0.1) is 11.3 Å². The number of hydrogen-bond donors (Lipinski definition) is 0. The summed E-state index contributed by atoms with van der Waals surface area (Å²) >= 11 is 10.7. The summed E-state index contributed by atoms with van der Waals surface area (Å²) in [5, 5.41) is 6.53. The van der Waals surface area contributed by atoms with Crippen LogP contribution in [0.5, 0.6) is 0 Å². The molecule has 0 fully saturated rings. The fourth-order valence-electron chi connectivity index (χ4n) is 1.47. The molecule has 6 heteroatoms. The van der Waals surface area contributed by atoms with Crippen molar-refractivity contribution in [1.29, 1.82) is 0 Å². The smallest absolute Gasteiger partial charge is 0.195 e. The number of aryl methyl sites for hydroxylation is 1. The molecule has 0 spiro atoms. The Morgan fingerprint density at radius 2 is 2.44 bits per heavy atom. The third-order valence-electron chi connectivity index (χ3n) is 2.34. The molecule has 0 unspecified atom stereocenters. The molecule has 2 heterocycles. The van der Waals surface area contributed by atoms with Crippen molar-refractivity contribution < 1.29 is 4.79 Å². The van der Waals surface area contributed by atoms with E-state index in [9.17, 15) is 4.79 Å². The van der Waals surface area contributed by atoms with Gasteiger partial charge < -0.3 is 0 Å². The Balaban J connectivity index is 2.20. The minimum atomic E-state index is -0.0365. The molecular weight excluding hydrogens is 336 g/mol. The van der Waals surface area contributed by atoms with Crippen LogP contribution < -0.4 is 0 Å². The summed E-state index contributed by atoms with van der Waals surface area (Å²) in [4.78, 5) is 12.6. The molecule has 94 valence electrons. The number of aromatic nitrogens is 2. The molecule has 2 aromatic heterocycles. The van der Waals surface area contributed by atoms with Crippen molar-refractivity contribution in [2.24, 2.45) is 0 Å². The number of ketones is 1. The van der Waals surface area contributed by atoms with Gasteiger partial charge in [0.25, 0.3) is 0 Å². The van der Waals surface area contributed by atoms with Crippen LogP contribution in [-0.2, 0) is 6.54 Å². The molecule has 0 atom stereocenters. The van der Waals surface area contributed by atoms with E-state index in [-0.39, 0.29) is 5.78 Å². The van der Waals surface area contributed by atoms with Crippen LogP contribution in [0.15, 0.2) is 28.2 Å². The largest absolute Gasteiger partial charge is 0.288 e. The quantitative estimate of drug-likeness (QED) is 0.612. The van der Waals surface area contributed by atoms with Crippen LogP contribution in [0.4, 0.5) is 0 Å². The summed E-state index contributed by atoms with van der Waals surface area (Å²) in [5.41, 5.74) is 0.753. The SMILES string of the molecule is CCn1ncc(Cl)c1/C=C/C(=O)c1cc(Br)cs1. The summed E-state index contributed by atoms with van der Waals surface area (Å²) in [7, 11) is 0. The predicted molar refractivity (Wildman–Crippen MR) is 78.3 cm³/mol. The lowest BCUT2D eigenvalue weighted by atomic mass is 10.2. The zero-order valence-corrected chi connectivity index (χ0v) is 12.7. The summed E-state index contributed by atoms with van der Waals surface area (Å²) in [6.45, 7) is 2.68. The van der Waals surface area contributed by atoms with Crippen molar-refractivity contribution in [3.8, 4) is 0 Å². The van der Waals surface area contributed by atoms with E-state index < -0.39 is 0 Å². The zero-order chi connectivity index (χ0) is 13.1. The lowest BCUT2D eigenvalue weighted by Gasteiger charge is -1.99. The van der Waals surface area contributed by atoms with E-state index in [1.54, 1.807) is 23.0 Å². The first kappa shape index (κ1) is 13.5. The molecule has 0 N–H and O–H groups in total. The number of halogens is 2. The molecule has 0 saturated carbocycles. The minimum Gasteiger partial charge on any atom is -0.288 e.